The van der Waals surface area contributed by atoms with Crippen molar-refractivity contribution in [1.29, 1.82) is 0 Å². The average Bonchev–Trinajstić information content (AvgIpc) is 2.39. The quantitative estimate of drug-likeness (QED) is 0.456. The van der Waals surface area contributed by atoms with E-state index in [0.717, 1.165) is 18.7 Å². The van der Waals surface area contributed by atoms with Crippen molar-refractivity contribution < 1.29 is 4.79 Å². The van der Waals surface area contributed by atoms with Crippen LogP contribution in [-0.4, -0.2) is 40.9 Å². The smallest absolute Gasteiger partial charge is 0.233 e. The first-order valence-electron chi connectivity index (χ1n) is 5.90. The first-order chi connectivity index (χ1) is 8.69. The number of nitrogens with zero attached hydrogens (tertiary/aromatic N) is 3. The number of aromatic nitrogens is 2. The van der Waals surface area contributed by atoms with Crippen LogP contribution in [0.15, 0.2) is 12.4 Å². The highest BCUT2D eigenvalue weighted by atomic mass is 16.1. The topological polar surface area (TPSA) is 96.2 Å². The average molecular weight is 252 g/mol. The Bertz CT molecular complexity index is 366. The predicted octanol–water partition coefficient (Wildman–Crippen LogP) is -0.280. The van der Waals surface area contributed by atoms with Crippen LogP contribution >= 0.6 is 0 Å². The molecule has 1 heterocycles. The van der Waals surface area contributed by atoms with Crippen LogP contribution in [-0.2, 0) is 11.3 Å². The molecule has 1 aromatic rings. The molecule has 7 heteroatoms. The van der Waals surface area contributed by atoms with E-state index in [-0.39, 0.29) is 5.91 Å². The Balaban J connectivity index is 2.60. The fourth-order valence-electron chi connectivity index (χ4n) is 1.55. The second-order valence-corrected chi connectivity index (χ2v) is 3.92. The van der Waals surface area contributed by atoms with Gasteiger partial charge in [0.05, 0.1) is 24.6 Å². The highest BCUT2D eigenvalue weighted by Crippen LogP contribution is 2.03. The molecule has 0 spiro atoms. The van der Waals surface area contributed by atoms with E-state index in [0.29, 0.717) is 18.9 Å². The van der Waals surface area contributed by atoms with Crippen LogP contribution in [0.3, 0.4) is 0 Å². The summed E-state index contributed by atoms with van der Waals surface area (Å²) in [7, 11) is 1.63. The number of hydrogen-bond acceptors (Lipinski definition) is 6. The van der Waals surface area contributed by atoms with E-state index in [9.17, 15) is 4.79 Å². The number of rotatable bonds is 7. The second-order valence-electron chi connectivity index (χ2n) is 3.92. The second kappa shape index (κ2) is 7.57. The maximum absolute atomic E-state index is 11.4. The summed E-state index contributed by atoms with van der Waals surface area (Å²) in [4.78, 5) is 21.7. The van der Waals surface area contributed by atoms with Crippen molar-refractivity contribution >= 4 is 11.7 Å². The highest BCUT2D eigenvalue weighted by molar-refractivity contribution is 5.77. The van der Waals surface area contributed by atoms with E-state index in [2.05, 4.69) is 27.6 Å². The Labute approximate surface area is 107 Å². The number of nitrogens with two attached hydrogens (primary N) is 1. The van der Waals surface area contributed by atoms with E-state index in [1.807, 2.05) is 4.90 Å². The van der Waals surface area contributed by atoms with E-state index in [1.165, 1.54) is 0 Å². The lowest BCUT2D eigenvalue weighted by atomic mass is 10.3. The summed E-state index contributed by atoms with van der Waals surface area (Å²) in [5.74, 6) is 5.73. The summed E-state index contributed by atoms with van der Waals surface area (Å²) in [6.45, 7) is 3.87. The first-order valence-corrected chi connectivity index (χ1v) is 5.90. The number of carbonyl (C=O) groups excluding carboxylic acids is 1. The van der Waals surface area contributed by atoms with Gasteiger partial charge in [0, 0.05) is 13.6 Å². The molecule has 100 valence electrons. The SMILES string of the molecule is CCCN(CC(=O)NC)Cc1cnc(NN)cn1. The van der Waals surface area contributed by atoms with Crippen molar-refractivity contribution in [3.8, 4) is 0 Å². The van der Waals surface area contributed by atoms with Crippen LogP contribution < -0.4 is 16.6 Å². The molecule has 0 atom stereocenters. The summed E-state index contributed by atoms with van der Waals surface area (Å²) in [5, 5.41) is 2.61. The molecule has 0 aromatic carbocycles. The number of anilines is 1. The molecule has 7 nitrogen and oxygen atoms in total. The van der Waals surface area contributed by atoms with Crippen molar-refractivity contribution in [2.45, 2.75) is 19.9 Å². The van der Waals surface area contributed by atoms with E-state index in [4.69, 9.17) is 5.84 Å². The van der Waals surface area contributed by atoms with Gasteiger partial charge in [-0.25, -0.2) is 10.8 Å². The van der Waals surface area contributed by atoms with Gasteiger partial charge in [-0.2, -0.15) is 0 Å². The highest BCUT2D eigenvalue weighted by Gasteiger charge is 2.10. The predicted molar refractivity (Wildman–Crippen MR) is 69.5 cm³/mol. The third-order valence-electron chi connectivity index (χ3n) is 2.42. The molecule has 0 fully saturated rings. The molecular weight excluding hydrogens is 232 g/mol. The number of hydrogen-bond donors (Lipinski definition) is 3. The van der Waals surface area contributed by atoms with Gasteiger partial charge < -0.3 is 10.7 Å². The molecule has 0 aliphatic rings. The molecular formula is C11H20N6O. The third kappa shape index (κ3) is 4.64. The van der Waals surface area contributed by atoms with Gasteiger partial charge in [-0.15, -0.1) is 0 Å². The van der Waals surface area contributed by atoms with E-state index >= 15 is 0 Å². The van der Waals surface area contributed by atoms with Crippen molar-refractivity contribution in [2.24, 2.45) is 5.84 Å². The van der Waals surface area contributed by atoms with Gasteiger partial charge in [0.1, 0.15) is 0 Å². The lowest BCUT2D eigenvalue weighted by Crippen LogP contribution is -2.35. The van der Waals surface area contributed by atoms with E-state index < -0.39 is 0 Å². The van der Waals surface area contributed by atoms with Crippen molar-refractivity contribution in [1.82, 2.24) is 20.2 Å². The fourth-order valence-corrected chi connectivity index (χ4v) is 1.55. The minimum absolute atomic E-state index is 0.00310. The van der Waals surface area contributed by atoms with Crippen LogP contribution in [0.1, 0.15) is 19.0 Å². The third-order valence-corrected chi connectivity index (χ3v) is 2.42. The van der Waals surface area contributed by atoms with Crippen LogP contribution in [0, 0.1) is 0 Å². The molecule has 0 unspecified atom stereocenters. The number of hydrazine groups is 1. The zero-order valence-electron chi connectivity index (χ0n) is 10.8. The molecule has 1 rings (SSSR count). The maximum atomic E-state index is 11.4. The van der Waals surface area contributed by atoms with Gasteiger partial charge in [0.15, 0.2) is 5.82 Å². The van der Waals surface area contributed by atoms with Gasteiger partial charge in [-0.1, -0.05) is 6.92 Å². The molecule has 0 radical (unpaired) electrons. The summed E-state index contributed by atoms with van der Waals surface area (Å²) in [6, 6.07) is 0. The van der Waals surface area contributed by atoms with Gasteiger partial charge in [0.25, 0.3) is 0 Å². The lowest BCUT2D eigenvalue weighted by Gasteiger charge is -2.20. The summed E-state index contributed by atoms with van der Waals surface area (Å²) >= 11 is 0. The molecule has 0 saturated heterocycles. The standard InChI is InChI=1S/C11H20N6O/c1-3-4-17(8-11(18)13-2)7-9-5-15-10(16-12)6-14-9/h5-6H,3-4,7-8,12H2,1-2H3,(H,13,18)(H,15,16). The molecule has 0 aliphatic heterocycles. The lowest BCUT2D eigenvalue weighted by molar-refractivity contribution is -0.121. The normalized spacial score (nSPS) is 10.4. The summed E-state index contributed by atoms with van der Waals surface area (Å²) < 4.78 is 0. The molecule has 4 N–H and O–H groups in total. The van der Waals surface area contributed by atoms with E-state index in [1.54, 1.807) is 19.4 Å². The largest absolute Gasteiger partial charge is 0.358 e. The van der Waals surface area contributed by atoms with Crippen molar-refractivity contribution in [3.05, 3.63) is 18.1 Å². The van der Waals surface area contributed by atoms with Crippen LogP contribution in [0.2, 0.25) is 0 Å². The van der Waals surface area contributed by atoms with Gasteiger partial charge in [-0.3, -0.25) is 14.7 Å². The first kappa shape index (κ1) is 14.3. The fraction of sp³-hybridized carbons (Fsp3) is 0.545. The number of carbonyl (C=O) groups is 1. The molecule has 0 bridgehead atoms. The number of nitrogen functional groups attached to an aromatic ring is 1. The Morgan fingerprint density at radius 3 is 2.72 bits per heavy atom. The molecule has 0 aliphatic carbocycles. The van der Waals surface area contributed by atoms with Crippen LogP contribution in [0.25, 0.3) is 0 Å². The van der Waals surface area contributed by atoms with Crippen molar-refractivity contribution in [2.75, 3.05) is 25.6 Å². The molecule has 18 heavy (non-hydrogen) atoms. The molecule has 1 aromatic heterocycles. The molecule has 0 saturated carbocycles. The van der Waals surface area contributed by atoms with Crippen LogP contribution in [0.5, 0.6) is 0 Å². The Morgan fingerprint density at radius 2 is 2.22 bits per heavy atom. The van der Waals surface area contributed by atoms with Crippen molar-refractivity contribution in [3.63, 3.8) is 0 Å². The number of nitrogens with one attached hydrogen (secondary N) is 2. The number of amides is 1. The molecule has 1 amide bonds. The zero-order valence-corrected chi connectivity index (χ0v) is 10.8. The minimum Gasteiger partial charge on any atom is -0.358 e. The Kier molecular flexibility index (Phi) is 6.03. The summed E-state index contributed by atoms with van der Waals surface area (Å²) in [6.07, 6.45) is 4.20. The Hall–Kier alpha value is -1.73. The maximum Gasteiger partial charge on any atom is 0.233 e. The summed E-state index contributed by atoms with van der Waals surface area (Å²) in [5.41, 5.74) is 3.23. The zero-order chi connectivity index (χ0) is 13.4. The van der Waals surface area contributed by atoms with Gasteiger partial charge in [0.2, 0.25) is 5.91 Å². The van der Waals surface area contributed by atoms with Gasteiger partial charge >= 0.3 is 0 Å². The number of likely N-dealkylation sites (N-methyl/N-ethyl adjacent to an activating group) is 1. The van der Waals surface area contributed by atoms with Crippen LogP contribution in [0.4, 0.5) is 5.82 Å². The Morgan fingerprint density at radius 1 is 1.44 bits per heavy atom. The minimum atomic E-state index is -0.00310. The monoisotopic (exact) mass is 252 g/mol. The van der Waals surface area contributed by atoms with Gasteiger partial charge in [-0.05, 0) is 13.0 Å².